The minimum absolute atomic E-state index is 0.0780. The molecule has 1 aromatic heterocycles. The van der Waals surface area contributed by atoms with Gasteiger partial charge in [-0.1, -0.05) is 32.0 Å². The molecule has 2 aromatic rings. The molecule has 0 aliphatic heterocycles. The Morgan fingerprint density at radius 2 is 2.04 bits per heavy atom. The second kappa shape index (κ2) is 9.14. The third-order valence-corrected chi connectivity index (χ3v) is 3.92. The van der Waals surface area contributed by atoms with Gasteiger partial charge in [-0.05, 0) is 37.7 Å². The molecule has 0 aliphatic rings. The minimum Gasteiger partial charge on any atom is -0.392 e. The Kier molecular flexibility index (Phi) is 6.89. The summed E-state index contributed by atoms with van der Waals surface area (Å²) in [5.41, 5.74) is 1.32. The van der Waals surface area contributed by atoms with Gasteiger partial charge in [0, 0.05) is 12.1 Å². The highest BCUT2D eigenvalue weighted by atomic mass is 16.3. The van der Waals surface area contributed by atoms with E-state index in [1.807, 2.05) is 0 Å². The van der Waals surface area contributed by atoms with Crippen molar-refractivity contribution in [2.45, 2.75) is 26.9 Å². The highest BCUT2D eigenvalue weighted by Crippen LogP contribution is 2.14. The maximum atomic E-state index is 12.2. The van der Waals surface area contributed by atoms with E-state index in [0.29, 0.717) is 11.5 Å². The summed E-state index contributed by atoms with van der Waals surface area (Å²) in [6, 6.07) is 7.07. The maximum Gasteiger partial charge on any atom is 0.279 e. The van der Waals surface area contributed by atoms with Crippen LogP contribution in [0.4, 0.5) is 5.95 Å². The summed E-state index contributed by atoms with van der Waals surface area (Å²) in [6.45, 7) is 8.01. The number of aromatic amines is 1. The largest absolute Gasteiger partial charge is 0.392 e. The molecule has 0 amide bonds. The number of benzene rings is 1. The molecule has 0 saturated heterocycles. The molecule has 0 saturated carbocycles. The van der Waals surface area contributed by atoms with Gasteiger partial charge in [-0.15, -0.1) is 10.2 Å². The van der Waals surface area contributed by atoms with Crippen molar-refractivity contribution in [2.24, 2.45) is 0 Å². The molecule has 24 heavy (non-hydrogen) atoms. The first kappa shape index (κ1) is 18.1. The monoisotopic (exact) mass is 331 g/mol. The number of aliphatic hydroxyl groups is 1. The van der Waals surface area contributed by atoms with Crippen LogP contribution in [0, 0.1) is 0 Å². The van der Waals surface area contributed by atoms with E-state index in [2.05, 4.69) is 39.2 Å². The van der Waals surface area contributed by atoms with E-state index in [-0.39, 0.29) is 17.9 Å². The number of hydrogen-bond acceptors (Lipinski definition) is 6. The number of aliphatic hydroxyl groups excluding tert-OH is 1. The lowest BCUT2D eigenvalue weighted by Gasteiger charge is -2.17. The fourth-order valence-electron chi connectivity index (χ4n) is 2.47. The lowest BCUT2D eigenvalue weighted by Crippen LogP contribution is -2.26. The standard InChI is InChI=1S/C17H25N5O2/c1-3-22(4-2)10-6-9-18-17-19-16(24)15(20-21-17)14-8-5-7-13(11-14)12-23/h5,7-8,11,23H,3-4,6,9-10,12H2,1-2H3,(H2,18,19,21,24). The number of nitrogens with zero attached hydrogens (tertiary/aromatic N) is 3. The smallest absolute Gasteiger partial charge is 0.279 e. The number of anilines is 1. The Morgan fingerprint density at radius 1 is 1.25 bits per heavy atom. The third kappa shape index (κ3) is 4.87. The van der Waals surface area contributed by atoms with Gasteiger partial charge < -0.3 is 15.3 Å². The molecule has 0 fully saturated rings. The molecule has 1 heterocycles. The number of H-pyrrole nitrogens is 1. The van der Waals surface area contributed by atoms with Gasteiger partial charge in [0.2, 0.25) is 5.95 Å². The van der Waals surface area contributed by atoms with Crippen molar-refractivity contribution in [1.82, 2.24) is 20.1 Å². The van der Waals surface area contributed by atoms with Gasteiger partial charge in [-0.2, -0.15) is 0 Å². The Labute approximate surface area is 141 Å². The van der Waals surface area contributed by atoms with Gasteiger partial charge in [-0.25, -0.2) is 0 Å². The predicted molar refractivity (Wildman–Crippen MR) is 94.9 cm³/mol. The molecule has 0 aliphatic carbocycles. The van der Waals surface area contributed by atoms with Crippen molar-refractivity contribution in [3.63, 3.8) is 0 Å². The summed E-state index contributed by atoms with van der Waals surface area (Å²) in [5, 5.41) is 20.3. The summed E-state index contributed by atoms with van der Waals surface area (Å²) in [7, 11) is 0. The summed E-state index contributed by atoms with van der Waals surface area (Å²) in [6.07, 6.45) is 0.964. The minimum atomic E-state index is -0.300. The fourth-order valence-corrected chi connectivity index (χ4v) is 2.47. The van der Waals surface area contributed by atoms with Gasteiger partial charge in [0.25, 0.3) is 5.56 Å². The van der Waals surface area contributed by atoms with Crippen LogP contribution in [0.3, 0.4) is 0 Å². The number of hydrogen-bond donors (Lipinski definition) is 3. The van der Waals surface area contributed by atoms with Gasteiger partial charge >= 0.3 is 0 Å². The quantitative estimate of drug-likeness (QED) is 0.602. The van der Waals surface area contributed by atoms with Gasteiger partial charge in [0.1, 0.15) is 0 Å². The molecule has 3 N–H and O–H groups in total. The molecule has 0 bridgehead atoms. The van der Waals surface area contributed by atoms with Crippen LogP contribution in [-0.2, 0) is 6.61 Å². The summed E-state index contributed by atoms with van der Waals surface area (Å²) < 4.78 is 0. The molecule has 7 nitrogen and oxygen atoms in total. The van der Waals surface area contributed by atoms with Crippen LogP contribution >= 0.6 is 0 Å². The van der Waals surface area contributed by atoms with E-state index < -0.39 is 0 Å². The number of aromatic nitrogens is 3. The van der Waals surface area contributed by atoms with Crippen molar-refractivity contribution in [2.75, 3.05) is 31.5 Å². The SMILES string of the molecule is CCN(CC)CCCNc1nnc(-c2cccc(CO)c2)c(=O)[nH]1. The molecular formula is C17H25N5O2. The average Bonchev–Trinajstić information content (AvgIpc) is 2.62. The van der Waals surface area contributed by atoms with Gasteiger partial charge in [-0.3, -0.25) is 9.78 Å². The molecule has 0 atom stereocenters. The van der Waals surface area contributed by atoms with E-state index in [1.165, 1.54) is 0 Å². The van der Waals surface area contributed by atoms with Gasteiger partial charge in [0.15, 0.2) is 5.69 Å². The zero-order valence-corrected chi connectivity index (χ0v) is 14.2. The molecule has 130 valence electrons. The van der Waals surface area contributed by atoms with Crippen molar-refractivity contribution < 1.29 is 5.11 Å². The van der Waals surface area contributed by atoms with E-state index in [9.17, 15) is 9.90 Å². The van der Waals surface area contributed by atoms with Crippen LogP contribution in [-0.4, -0.2) is 51.4 Å². The van der Waals surface area contributed by atoms with Crippen LogP contribution in [0.2, 0.25) is 0 Å². The number of nitrogens with one attached hydrogen (secondary N) is 2. The first-order valence-corrected chi connectivity index (χ1v) is 8.31. The predicted octanol–water partition coefficient (Wildman–Crippen LogP) is 1.47. The molecule has 0 spiro atoms. The number of rotatable bonds is 9. The Bertz CT molecular complexity index is 697. The van der Waals surface area contributed by atoms with Crippen LogP contribution < -0.4 is 10.9 Å². The molecule has 2 rings (SSSR count). The van der Waals surface area contributed by atoms with Crippen LogP contribution in [0.1, 0.15) is 25.8 Å². The van der Waals surface area contributed by atoms with Gasteiger partial charge in [0.05, 0.1) is 6.61 Å². The second-order valence-corrected chi connectivity index (χ2v) is 5.52. The van der Waals surface area contributed by atoms with E-state index in [0.717, 1.165) is 38.2 Å². The molecule has 0 unspecified atom stereocenters. The first-order chi connectivity index (χ1) is 11.7. The fraction of sp³-hybridized carbons (Fsp3) is 0.471. The molecule has 7 heteroatoms. The van der Waals surface area contributed by atoms with Crippen molar-refractivity contribution in [3.8, 4) is 11.3 Å². The average molecular weight is 331 g/mol. The third-order valence-electron chi connectivity index (χ3n) is 3.92. The summed E-state index contributed by atoms with van der Waals surface area (Å²) in [4.78, 5) is 17.3. The van der Waals surface area contributed by atoms with Crippen molar-refractivity contribution in [1.29, 1.82) is 0 Å². The molecule has 1 aromatic carbocycles. The zero-order chi connectivity index (χ0) is 17.4. The summed E-state index contributed by atoms with van der Waals surface area (Å²) in [5.74, 6) is 0.376. The Balaban J connectivity index is 1.98. The highest BCUT2D eigenvalue weighted by molar-refractivity contribution is 5.58. The molecule has 0 radical (unpaired) electrons. The summed E-state index contributed by atoms with van der Waals surface area (Å²) >= 11 is 0. The van der Waals surface area contributed by atoms with Crippen molar-refractivity contribution >= 4 is 5.95 Å². The van der Waals surface area contributed by atoms with Crippen molar-refractivity contribution in [3.05, 3.63) is 40.2 Å². The van der Waals surface area contributed by atoms with Crippen LogP contribution in [0.15, 0.2) is 29.1 Å². The Hall–Kier alpha value is -2.25. The topological polar surface area (TPSA) is 94.1 Å². The van der Waals surface area contributed by atoms with E-state index >= 15 is 0 Å². The first-order valence-electron chi connectivity index (χ1n) is 8.31. The Morgan fingerprint density at radius 3 is 2.71 bits per heavy atom. The van der Waals surface area contributed by atoms with E-state index in [1.54, 1.807) is 24.3 Å². The second-order valence-electron chi connectivity index (χ2n) is 5.52. The maximum absolute atomic E-state index is 12.2. The van der Waals surface area contributed by atoms with E-state index in [4.69, 9.17) is 0 Å². The normalized spacial score (nSPS) is 11.0. The highest BCUT2D eigenvalue weighted by Gasteiger charge is 2.08. The van der Waals surface area contributed by atoms with Crippen LogP contribution in [0.25, 0.3) is 11.3 Å². The lowest BCUT2D eigenvalue weighted by atomic mass is 10.1. The molecular weight excluding hydrogens is 306 g/mol. The lowest BCUT2D eigenvalue weighted by molar-refractivity contribution is 0.282. The zero-order valence-electron chi connectivity index (χ0n) is 14.2. The van der Waals surface area contributed by atoms with Crippen LogP contribution in [0.5, 0.6) is 0 Å².